The molecule has 0 unspecified atom stereocenters. The number of rotatable bonds is 1. The van der Waals surface area contributed by atoms with E-state index in [1.54, 1.807) is 0 Å². The van der Waals surface area contributed by atoms with Crippen LogP contribution in [0.3, 0.4) is 0 Å². The van der Waals surface area contributed by atoms with Crippen LogP contribution in [-0.4, -0.2) is 5.97 Å². The van der Waals surface area contributed by atoms with Crippen LogP contribution < -0.4 is 0 Å². The van der Waals surface area contributed by atoms with Crippen LogP contribution in [0.25, 0.3) is 0 Å². The molecule has 3 aliphatic rings. The van der Waals surface area contributed by atoms with Gasteiger partial charge in [0.2, 0.25) is 0 Å². The SMILES string of the molecule is CC(=O)OC1=CC[C@@H]2[C@H]1[C@H]1C=C[C@H]2C1. The Kier molecular flexibility index (Phi) is 1.61. The Labute approximate surface area is 83.6 Å². The van der Waals surface area contributed by atoms with Crippen LogP contribution >= 0.6 is 0 Å². The predicted octanol–water partition coefficient (Wildman–Crippen LogP) is 2.28. The van der Waals surface area contributed by atoms with Crippen molar-refractivity contribution in [2.24, 2.45) is 23.7 Å². The van der Waals surface area contributed by atoms with Crippen LogP contribution in [0, 0.1) is 23.7 Å². The lowest BCUT2D eigenvalue weighted by atomic mass is 9.85. The maximum absolute atomic E-state index is 10.9. The van der Waals surface area contributed by atoms with Gasteiger partial charge in [-0.1, -0.05) is 12.2 Å². The van der Waals surface area contributed by atoms with Crippen molar-refractivity contribution in [2.45, 2.75) is 19.8 Å². The number of allylic oxidation sites excluding steroid dienone is 4. The summed E-state index contributed by atoms with van der Waals surface area (Å²) in [5.74, 6) is 3.38. The van der Waals surface area contributed by atoms with Crippen molar-refractivity contribution in [1.29, 1.82) is 0 Å². The lowest BCUT2D eigenvalue weighted by molar-refractivity contribution is -0.137. The molecule has 3 aliphatic carbocycles. The molecule has 2 nitrogen and oxygen atoms in total. The normalized spacial score (nSPS) is 42.5. The Hall–Kier alpha value is -1.05. The van der Waals surface area contributed by atoms with E-state index in [0.717, 1.165) is 24.0 Å². The van der Waals surface area contributed by atoms with Gasteiger partial charge in [-0.25, -0.2) is 0 Å². The maximum Gasteiger partial charge on any atom is 0.307 e. The minimum absolute atomic E-state index is 0.177. The summed E-state index contributed by atoms with van der Waals surface area (Å²) in [5, 5.41) is 0. The first kappa shape index (κ1) is 8.27. The van der Waals surface area contributed by atoms with Crippen LogP contribution in [0.15, 0.2) is 24.0 Å². The highest BCUT2D eigenvalue weighted by Crippen LogP contribution is 2.55. The zero-order valence-electron chi connectivity index (χ0n) is 8.27. The Bertz CT molecular complexity index is 340. The Morgan fingerprint density at radius 3 is 3.00 bits per heavy atom. The van der Waals surface area contributed by atoms with E-state index in [1.807, 2.05) is 0 Å². The Morgan fingerprint density at radius 2 is 2.21 bits per heavy atom. The average Bonchev–Trinajstić information content (AvgIpc) is 2.74. The molecule has 0 aromatic rings. The number of hydrogen-bond donors (Lipinski definition) is 0. The summed E-state index contributed by atoms with van der Waals surface area (Å²) < 4.78 is 5.27. The van der Waals surface area contributed by atoms with Gasteiger partial charge < -0.3 is 4.74 Å². The van der Waals surface area contributed by atoms with Crippen molar-refractivity contribution in [3.05, 3.63) is 24.0 Å². The molecule has 0 spiro atoms. The summed E-state index contributed by atoms with van der Waals surface area (Å²) in [5.41, 5.74) is 0. The van der Waals surface area contributed by atoms with Crippen LogP contribution in [0.2, 0.25) is 0 Å². The van der Waals surface area contributed by atoms with Crippen molar-refractivity contribution in [3.8, 4) is 0 Å². The summed E-state index contributed by atoms with van der Waals surface area (Å²) in [6.45, 7) is 1.48. The van der Waals surface area contributed by atoms with E-state index in [9.17, 15) is 4.79 Å². The highest BCUT2D eigenvalue weighted by Gasteiger charge is 2.49. The quantitative estimate of drug-likeness (QED) is 0.468. The molecule has 1 fully saturated rings. The number of hydrogen-bond acceptors (Lipinski definition) is 2. The molecular formula is C12H14O2. The third-order valence-corrected chi connectivity index (χ3v) is 3.80. The lowest BCUT2D eigenvalue weighted by Gasteiger charge is -2.22. The zero-order chi connectivity index (χ0) is 9.71. The third kappa shape index (κ3) is 0.999. The summed E-state index contributed by atoms with van der Waals surface area (Å²) in [4.78, 5) is 10.9. The van der Waals surface area contributed by atoms with Gasteiger partial charge in [-0.2, -0.15) is 0 Å². The molecule has 14 heavy (non-hydrogen) atoms. The Morgan fingerprint density at radius 1 is 1.43 bits per heavy atom. The van der Waals surface area contributed by atoms with E-state index < -0.39 is 0 Å². The molecule has 0 aliphatic heterocycles. The highest BCUT2D eigenvalue weighted by atomic mass is 16.5. The molecule has 0 amide bonds. The van der Waals surface area contributed by atoms with E-state index in [-0.39, 0.29) is 5.97 Å². The van der Waals surface area contributed by atoms with Crippen molar-refractivity contribution >= 4 is 5.97 Å². The fourth-order valence-electron chi connectivity index (χ4n) is 3.33. The van der Waals surface area contributed by atoms with Gasteiger partial charge >= 0.3 is 5.97 Å². The number of carbonyl (C=O) groups is 1. The van der Waals surface area contributed by atoms with Crippen molar-refractivity contribution in [2.75, 3.05) is 0 Å². The van der Waals surface area contributed by atoms with E-state index >= 15 is 0 Å². The summed E-state index contributed by atoms with van der Waals surface area (Å²) in [6, 6.07) is 0. The second-order valence-corrected chi connectivity index (χ2v) is 4.57. The lowest BCUT2D eigenvalue weighted by Crippen LogP contribution is -2.18. The molecule has 2 heteroatoms. The first-order valence-corrected chi connectivity index (χ1v) is 5.32. The maximum atomic E-state index is 10.9. The van der Waals surface area contributed by atoms with Gasteiger partial charge in [0.05, 0.1) is 0 Å². The summed E-state index contributed by atoms with van der Waals surface area (Å²) in [7, 11) is 0. The molecule has 4 atom stereocenters. The fraction of sp³-hybridized carbons (Fsp3) is 0.583. The molecule has 0 N–H and O–H groups in total. The van der Waals surface area contributed by atoms with Gasteiger partial charge in [0.1, 0.15) is 5.76 Å². The second kappa shape index (κ2) is 2.72. The van der Waals surface area contributed by atoms with Gasteiger partial charge in [0.25, 0.3) is 0 Å². The van der Waals surface area contributed by atoms with Gasteiger partial charge in [0, 0.05) is 12.8 Å². The van der Waals surface area contributed by atoms with E-state index in [1.165, 1.54) is 13.3 Å². The standard InChI is InChI=1S/C12H14O2/c1-7(13)14-11-5-4-10-8-2-3-9(6-8)12(10)11/h2-3,5,8-10,12H,4,6H2,1H3/t8-,9-,10-,12+/m0/s1. The zero-order valence-corrected chi connectivity index (χ0v) is 8.27. The molecule has 2 bridgehead atoms. The largest absolute Gasteiger partial charge is 0.431 e. The predicted molar refractivity (Wildman–Crippen MR) is 52.2 cm³/mol. The third-order valence-electron chi connectivity index (χ3n) is 3.80. The molecule has 0 aromatic heterocycles. The monoisotopic (exact) mass is 190 g/mol. The Balaban J connectivity index is 1.84. The van der Waals surface area contributed by atoms with Gasteiger partial charge in [-0.05, 0) is 36.7 Å². The molecule has 0 heterocycles. The smallest absolute Gasteiger partial charge is 0.307 e. The van der Waals surface area contributed by atoms with E-state index in [4.69, 9.17) is 4.74 Å². The minimum Gasteiger partial charge on any atom is -0.431 e. The highest BCUT2D eigenvalue weighted by molar-refractivity contribution is 5.67. The van der Waals surface area contributed by atoms with Crippen molar-refractivity contribution < 1.29 is 9.53 Å². The van der Waals surface area contributed by atoms with E-state index in [2.05, 4.69) is 18.2 Å². The molecule has 74 valence electrons. The summed E-state index contributed by atoms with van der Waals surface area (Å²) >= 11 is 0. The first-order chi connectivity index (χ1) is 6.75. The number of esters is 1. The molecule has 0 radical (unpaired) electrons. The minimum atomic E-state index is -0.177. The van der Waals surface area contributed by atoms with Crippen molar-refractivity contribution in [1.82, 2.24) is 0 Å². The fourth-order valence-corrected chi connectivity index (χ4v) is 3.33. The topological polar surface area (TPSA) is 26.3 Å². The summed E-state index contributed by atoms with van der Waals surface area (Å²) in [6.07, 6.45) is 9.13. The number of ether oxygens (including phenoxy) is 1. The number of carbonyl (C=O) groups excluding carboxylic acids is 1. The average molecular weight is 190 g/mol. The van der Waals surface area contributed by atoms with Crippen LogP contribution in [-0.2, 0) is 9.53 Å². The van der Waals surface area contributed by atoms with Gasteiger partial charge in [0.15, 0.2) is 0 Å². The van der Waals surface area contributed by atoms with Crippen LogP contribution in [0.5, 0.6) is 0 Å². The van der Waals surface area contributed by atoms with Crippen molar-refractivity contribution in [3.63, 3.8) is 0 Å². The first-order valence-electron chi connectivity index (χ1n) is 5.32. The van der Waals surface area contributed by atoms with E-state index in [0.29, 0.717) is 11.8 Å². The van der Waals surface area contributed by atoms with Gasteiger partial charge in [-0.3, -0.25) is 4.79 Å². The number of fused-ring (bicyclic) bond motifs is 5. The van der Waals surface area contributed by atoms with Gasteiger partial charge in [-0.15, -0.1) is 0 Å². The second-order valence-electron chi connectivity index (χ2n) is 4.57. The van der Waals surface area contributed by atoms with Crippen LogP contribution in [0.4, 0.5) is 0 Å². The van der Waals surface area contributed by atoms with Crippen LogP contribution in [0.1, 0.15) is 19.8 Å². The molecular weight excluding hydrogens is 176 g/mol. The molecule has 0 aromatic carbocycles. The molecule has 0 saturated heterocycles. The molecule has 3 rings (SSSR count). The molecule has 1 saturated carbocycles.